The zero-order valence-corrected chi connectivity index (χ0v) is 49.3. The van der Waals surface area contributed by atoms with Gasteiger partial charge in [0.1, 0.15) is 76.7 Å². The molecule has 2 aliphatic rings. The quantitative estimate of drug-likeness (QED) is 0.0602. The molecule has 0 saturated carbocycles. The van der Waals surface area contributed by atoms with Crippen LogP contribution in [0.1, 0.15) is 124 Å². The number of benzene rings is 2. The normalized spacial score (nSPS) is 19.7. The van der Waals surface area contributed by atoms with Gasteiger partial charge in [-0.1, -0.05) is 49.4 Å². The fourth-order valence-electron chi connectivity index (χ4n) is 9.80. The summed E-state index contributed by atoms with van der Waals surface area (Å²) in [6.45, 7) is 4.66. The molecule has 28 heteroatoms. The number of hydrogen-bond donors (Lipinski definition) is 6. The third-order valence-electron chi connectivity index (χ3n) is 14.0. The van der Waals surface area contributed by atoms with Gasteiger partial charge in [-0.2, -0.15) is 0 Å². The van der Waals surface area contributed by atoms with Crippen molar-refractivity contribution >= 4 is 109 Å². The summed E-state index contributed by atoms with van der Waals surface area (Å²) in [6, 6.07) is 15.5. The summed E-state index contributed by atoms with van der Waals surface area (Å²) in [4.78, 5) is 131. The monoisotopic (exact) mass is 1240 g/mol. The minimum Gasteiger partial charge on any atom is -0.427 e. The van der Waals surface area contributed by atoms with Gasteiger partial charge in [-0.05, 0) is 42.3 Å². The van der Waals surface area contributed by atoms with Crippen LogP contribution >= 0.6 is 68.0 Å². The Morgan fingerprint density at radius 1 is 0.702 bits per heavy atom. The molecule has 7 aromatic heterocycles. The molecule has 0 unspecified atom stereocenters. The standard InChI is InChI=1S/C56H48N12O10S6/c1-24-41(71)18-68-45(24)55-66-39(23-83-55)53-62-35(19-81-53)44-30(13-14-32(59-44)52-63-36(20-82-52)47(58)74)50-64-37(21-79-50)48(75)60-33(17-42(57)72)54-67-43(25(2)84-54)40(70)16-31(46(73)28-7-5-4-6-8-28)51-65-38(22-80-51)49(76)61-34(56(68)77)15-27-9-11-29(12-10-27)78-26(3)69/h4-14,19-24,31,33-34,41,45-46,71,73H,15-18H2,1-3H3,(H2,57,72)(H2,58,74)(H,60,75)(H,61,76)/t24-,31-,33-,34-,41-,45-,46+/m0/s1. The van der Waals surface area contributed by atoms with Gasteiger partial charge in [0.05, 0.1) is 41.4 Å². The SMILES string of the molecule is CC(=O)Oc1ccc(C[C@@H]2NC(=O)c3csc(n3)[C@H]([C@H](O)c3ccccc3)CC(=O)c3nc(sc3C)[C@H](CC(N)=O)NC(=O)c3csc(n3)-c3ccc(-c4nc(C(N)=O)cs4)nc3-c3csc(n3)-c3csc(n3)[C@@H]3[C@@H](C)[C@@H](O)CN3C2=O)cc1. The van der Waals surface area contributed by atoms with Crippen molar-refractivity contribution in [1.29, 1.82) is 0 Å². The van der Waals surface area contributed by atoms with Gasteiger partial charge in [-0.25, -0.2) is 34.9 Å². The van der Waals surface area contributed by atoms with Crippen LogP contribution in [-0.2, 0) is 20.8 Å². The highest BCUT2D eigenvalue weighted by Gasteiger charge is 2.45. The molecular formula is C56H48N12O10S6. The van der Waals surface area contributed by atoms with E-state index in [0.717, 1.165) is 34.0 Å². The predicted molar refractivity (Wildman–Crippen MR) is 316 cm³/mol. The Labute approximate surface area is 501 Å². The highest BCUT2D eigenvalue weighted by Crippen LogP contribution is 2.43. The summed E-state index contributed by atoms with van der Waals surface area (Å²) < 4.78 is 5.25. The van der Waals surface area contributed by atoms with Crippen molar-refractivity contribution in [3.63, 3.8) is 0 Å². The van der Waals surface area contributed by atoms with Crippen molar-refractivity contribution in [3.8, 4) is 49.1 Å². The first-order chi connectivity index (χ1) is 40.3. The summed E-state index contributed by atoms with van der Waals surface area (Å²) in [6.07, 6.45) is -3.06. The number of carbonyl (C=O) groups is 7. The lowest BCUT2D eigenvalue weighted by atomic mass is 9.90. The Bertz CT molecular complexity index is 4020. The van der Waals surface area contributed by atoms with Crippen molar-refractivity contribution in [1.82, 2.24) is 50.4 Å². The van der Waals surface area contributed by atoms with Gasteiger partial charge in [-0.3, -0.25) is 33.6 Å². The molecule has 0 spiro atoms. The van der Waals surface area contributed by atoms with E-state index >= 15 is 4.79 Å². The van der Waals surface area contributed by atoms with Crippen LogP contribution in [0.15, 0.2) is 93.6 Å². The Balaban J connectivity index is 1.02. The third-order valence-corrected chi connectivity index (χ3v) is 19.6. The van der Waals surface area contributed by atoms with Crippen molar-refractivity contribution in [3.05, 3.63) is 147 Å². The molecule has 22 nitrogen and oxygen atoms in total. The van der Waals surface area contributed by atoms with Crippen molar-refractivity contribution < 1.29 is 48.5 Å². The number of esters is 1. The number of aliphatic hydroxyl groups is 2. The number of carbonyl (C=O) groups excluding carboxylic acids is 7. The molecule has 11 rings (SSSR count). The number of fused-ring (bicyclic) bond motifs is 16. The van der Waals surface area contributed by atoms with Gasteiger partial charge in [-0.15, -0.1) is 68.0 Å². The van der Waals surface area contributed by atoms with Crippen LogP contribution in [0.5, 0.6) is 5.75 Å². The van der Waals surface area contributed by atoms with E-state index in [1.165, 1.54) is 56.6 Å². The zero-order chi connectivity index (χ0) is 59.1. The molecule has 7 atom stereocenters. The molecule has 8 N–H and O–H groups in total. The molecule has 428 valence electrons. The minimum absolute atomic E-state index is 0.0118. The van der Waals surface area contributed by atoms with Crippen LogP contribution in [0.4, 0.5) is 0 Å². The van der Waals surface area contributed by atoms with Gasteiger partial charge < -0.3 is 42.0 Å². The number of nitrogens with one attached hydrogen (secondary N) is 2. The Kier molecular flexibility index (Phi) is 16.6. The Morgan fingerprint density at radius 2 is 1.35 bits per heavy atom. The van der Waals surface area contributed by atoms with Gasteiger partial charge >= 0.3 is 5.97 Å². The maximum absolute atomic E-state index is 15.2. The topological polar surface area (TPSA) is 339 Å². The van der Waals surface area contributed by atoms with Gasteiger partial charge in [0.15, 0.2) is 5.78 Å². The van der Waals surface area contributed by atoms with E-state index in [2.05, 4.69) is 20.6 Å². The second-order valence-corrected chi connectivity index (χ2v) is 25.4. The average Bonchev–Trinajstić information content (AvgIpc) is 2.64. The summed E-state index contributed by atoms with van der Waals surface area (Å²) in [5, 5.41) is 39.6. The number of aliphatic hydroxyl groups excluding tert-OH is 2. The van der Waals surface area contributed by atoms with Crippen LogP contribution in [0.25, 0.3) is 43.4 Å². The summed E-state index contributed by atoms with van der Waals surface area (Å²) in [7, 11) is 0. The summed E-state index contributed by atoms with van der Waals surface area (Å²) in [5.74, 6) is -5.70. The number of thiazole rings is 6. The van der Waals surface area contributed by atoms with Crippen LogP contribution in [0.2, 0.25) is 0 Å². The first-order valence-corrected chi connectivity index (χ1v) is 31.1. The van der Waals surface area contributed by atoms with Crippen molar-refractivity contribution in [2.45, 2.75) is 76.3 Å². The first-order valence-electron chi connectivity index (χ1n) is 25.8. The molecule has 1 saturated heterocycles. The van der Waals surface area contributed by atoms with Crippen LogP contribution in [0.3, 0.4) is 0 Å². The van der Waals surface area contributed by atoms with Crippen LogP contribution in [-0.4, -0.2) is 110 Å². The van der Waals surface area contributed by atoms with Crippen LogP contribution < -0.4 is 26.8 Å². The molecular weight excluding hydrogens is 1190 g/mol. The van der Waals surface area contributed by atoms with E-state index in [4.69, 9.17) is 41.1 Å². The molecule has 2 aliphatic heterocycles. The van der Waals surface area contributed by atoms with E-state index < -0.39 is 83.5 Å². The molecule has 9 aromatic rings. The van der Waals surface area contributed by atoms with E-state index in [-0.39, 0.29) is 64.3 Å². The highest BCUT2D eigenvalue weighted by atomic mass is 32.1. The lowest BCUT2D eigenvalue weighted by Crippen LogP contribution is -2.50. The number of nitrogens with two attached hydrogens (primary N) is 2. The number of aryl methyl sites for hydroxylation is 1. The van der Waals surface area contributed by atoms with Gasteiger partial charge in [0.25, 0.3) is 17.7 Å². The van der Waals surface area contributed by atoms with E-state index in [1.807, 2.05) is 6.92 Å². The fourth-order valence-corrected chi connectivity index (χ4v) is 15.2. The smallest absolute Gasteiger partial charge is 0.308 e. The van der Waals surface area contributed by atoms with Crippen LogP contribution in [0, 0.1) is 12.8 Å². The number of hydrogen-bond acceptors (Lipinski definition) is 23. The maximum atomic E-state index is 15.2. The van der Waals surface area contributed by atoms with Crippen molar-refractivity contribution in [2.75, 3.05) is 6.54 Å². The zero-order valence-electron chi connectivity index (χ0n) is 44.4. The lowest BCUT2D eigenvalue weighted by Gasteiger charge is -2.29. The van der Waals surface area contributed by atoms with Gasteiger partial charge in [0.2, 0.25) is 11.8 Å². The van der Waals surface area contributed by atoms with Gasteiger partial charge in [0, 0.05) is 75.5 Å². The Hall–Kier alpha value is -8.22. The summed E-state index contributed by atoms with van der Waals surface area (Å²) in [5.41, 5.74) is 14.4. The number of rotatable bonds is 9. The third kappa shape index (κ3) is 12.1. The second-order valence-electron chi connectivity index (χ2n) is 19.8. The van der Waals surface area contributed by atoms with E-state index in [9.17, 15) is 39.0 Å². The molecule has 9 heterocycles. The van der Waals surface area contributed by atoms with E-state index in [0.29, 0.717) is 64.4 Å². The first kappa shape index (κ1) is 57.6. The number of primary amides is 2. The highest BCUT2D eigenvalue weighted by molar-refractivity contribution is 7.15. The fraction of sp³-hybridized carbons (Fsp3) is 0.250. The summed E-state index contributed by atoms with van der Waals surface area (Å²) >= 11 is 6.98. The average molecular weight is 1240 g/mol. The minimum atomic E-state index is -1.31. The molecule has 0 aliphatic carbocycles. The molecule has 0 radical (unpaired) electrons. The predicted octanol–water partition coefficient (Wildman–Crippen LogP) is 7.49. The number of Topliss-reactive ketones (excluding diaryl/α,β-unsaturated/α-hetero) is 1. The number of nitrogens with zero attached hydrogens (tertiary/aromatic N) is 8. The number of pyridine rings is 1. The Morgan fingerprint density at radius 3 is 2.07 bits per heavy atom. The second kappa shape index (κ2) is 24.2. The maximum Gasteiger partial charge on any atom is 0.308 e. The van der Waals surface area contributed by atoms with Crippen molar-refractivity contribution in [2.24, 2.45) is 17.4 Å². The molecule has 1 fully saturated rings. The lowest BCUT2D eigenvalue weighted by molar-refractivity contribution is -0.135. The number of amides is 5. The number of ketones is 1. The molecule has 5 amide bonds. The number of aromatic nitrogens is 7. The molecule has 10 bridgehead atoms. The molecule has 2 aromatic carbocycles. The largest absolute Gasteiger partial charge is 0.427 e. The number of ether oxygens (including phenoxy) is 1. The molecule has 84 heavy (non-hydrogen) atoms. The van der Waals surface area contributed by atoms with E-state index in [1.54, 1.807) is 89.8 Å².